The number of pyridine rings is 2. The van der Waals surface area contributed by atoms with Gasteiger partial charge in [-0.1, -0.05) is 36.4 Å². The molecule has 0 aliphatic carbocycles. The Morgan fingerprint density at radius 2 is 1.76 bits per heavy atom. The van der Waals surface area contributed by atoms with Crippen LogP contribution in [0.5, 0.6) is 0 Å². The van der Waals surface area contributed by atoms with Gasteiger partial charge in [0.2, 0.25) is 10.0 Å². The predicted octanol–water partition coefficient (Wildman–Crippen LogP) is 4.28. The normalized spacial score (nSPS) is 11.3. The zero-order valence-corrected chi connectivity index (χ0v) is 16.6. The van der Waals surface area contributed by atoms with Crippen LogP contribution >= 0.6 is 0 Å². The van der Waals surface area contributed by atoms with Crippen molar-refractivity contribution in [3.63, 3.8) is 0 Å². The Hall–Kier alpha value is -3.45. The quantitative estimate of drug-likeness (QED) is 0.501. The summed E-state index contributed by atoms with van der Waals surface area (Å²) in [5.41, 5.74) is 5.23. The van der Waals surface area contributed by atoms with Crippen LogP contribution in [0.15, 0.2) is 79.3 Å². The molecule has 2 N–H and O–H groups in total. The van der Waals surface area contributed by atoms with Crippen LogP contribution in [0.1, 0.15) is 5.56 Å². The number of benzene rings is 2. The van der Waals surface area contributed by atoms with E-state index in [2.05, 4.69) is 32.1 Å². The molecule has 0 radical (unpaired) electrons. The van der Waals surface area contributed by atoms with Gasteiger partial charge in [0.15, 0.2) is 0 Å². The minimum Gasteiger partial charge on any atom is -0.380 e. The van der Waals surface area contributed by atoms with Gasteiger partial charge in [-0.25, -0.2) is 8.42 Å². The Bertz CT molecular complexity index is 1260. The van der Waals surface area contributed by atoms with Crippen LogP contribution in [-0.4, -0.2) is 24.6 Å². The highest BCUT2D eigenvalue weighted by Crippen LogP contribution is 2.29. The highest BCUT2D eigenvalue weighted by Gasteiger charge is 2.08. The van der Waals surface area contributed by atoms with E-state index in [9.17, 15) is 8.42 Å². The molecule has 2 heterocycles. The molecule has 0 aliphatic rings. The van der Waals surface area contributed by atoms with Gasteiger partial charge in [0, 0.05) is 35.6 Å². The number of anilines is 2. The summed E-state index contributed by atoms with van der Waals surface area (Å²) in [4.78, 5) is 8.62. The molecule has 0 saturated heterocycles. The Labute approximate surface area is 169 Å². The number of hydrogen-bond acceptors (Lipinski definition) is 5. The molecule has 146 valence electrons. The molecule has 0 amide bonds. The van der Waals surface area contributed by atoms with Crippen molar-refractivity contribution in [2.75, 3.05) is 16.3 Å². The number of fused-ring (bicyclic) bond motifs is 1. The summed E-state index contributed by atoms with van der Waals surface area (Å²) in [6.45, 7) is 0.708. The van der Waals surface area contributed by atoms with E-state index in [1.54, 1.807) is 18.5 Å². The maximum absolute atomic E-state index is 11.5. The maximum Gasteiger partial charge on any atom is 0.229 e. The lowest BCUT2D eigenvalue weighted by atomic mass is 10.0. The van der Waals surface area contributed by atoms with Gasteiger partial charge in [-0.2, -0.15) is 0 Å². The van der Waals surface area contributed by atoms with Gasteiger partial charge in [0.1, 0.15) is 0 Å². The third-order valence-corrected chi connectivity index (χ3v) is 5.05. The van der Waals surface area contributed by atoms with Crippen LogP contribution in [0.2, 0.25) is 0 Å². The number of rotatable bonds is 6. The molecule has 0 bridgehead atoms. The van der Waals surface area contributed by atoms with Gasteiger partial charge in [-0.05, 0) is 35.4 Å². The predicted molar refractivity (Wildman–Crippen MR) is 117 cm³/mol. The van der Waals surface area contributed by atoms with Crippen LogP contribution < -0.4 is 10.0 Å². The Kier molecular flexibility index (Phi) is 5.14. The SMILES string of the molecule is CS(=O)(=O)Nc1cncc(-c2ccc3nccc(NCc4ccccc4)c3c2)c1. The van der Waals surface area contributed by atoms with Crippen molar-refractivity contribution in [3.8, 4) is 11.1 Å². The Balaban J connectivity index is 1.67. The van der Waals surface area contributed by atoms with Crippen molar-refractivity contribution in [2.24, 2.45) is 0 Å². The fourth-order valence-electron chi connectivity index (χ4n) is 3.14. The number of hydrogen-bond donors (Lipinski definition) is 2. The monoisotopic (exact) mass is 404 g/mol. The molecule has 2 aromatic carbocycles. The number of nitrogens with one attached hydrogen (secondary N) is 2. The fourth-order valence-corrected chi connectivity index (χ4v) is 3.68. The third kappa shape index (κ3) is 4.70. The van der Waals surface area contributed by atoms with Crippen molar-refractivity contribution >= 4 is 32.3 Å². The van der Waals surface area contributed by atoms with Gasteiger partial charge >= 0.3 is 0 Å². The highest BCUT2D eigenvalue weighted by molar-refractivity contribution is 7.92. The first kappa shape index (κ1) is 18.9. The average Bonchev–Trinajstić information content (AvgIpc) is 2.71. The summed E-state index contributed by atoms with van der Waals surface area (Å²) in [5, 5.41) is 4.47. The van der Waals surface area contributed by atoms with Crippen LogP contribution in [0, 0.1) is 0 Å². The molecule has 7 heteroatoms. The molecule has 0 spiro atoms. The molecular formula is C22H20N4O2S. The van der Waals surface area contributed by atoms with Gasteiger partial charge in [-0.3, -0.25) is 14.7 Å². The molecule has 0 atom stereocenters. The lowest BCUT2D eigenvalue weighted by Gasteiger charge is -2.11. The van der Waals surface area contributed by atoms with Gasteiger partial charge in [0.25, 0.3) is 0 Å². The molecule has 29 heavy (non-hydrogen) atoms. The standard InChI is InChI=1S/C22H20N4O2S/c1-29(27,28)26-19-11-18(14-23-15-19)17-7-8-21-20(12-17)22(9-10-24-21)25-13-16-5-3-2-4-6-16/h2-12,14-15,26H,13H2,1H3,(H,24,25). The van der Waals surface area contributed by atoms with Crippen molar-refractivity contribution in [1.29, 1.82) is 0 Å². The molecule has 0 fully saturated rings. The first-order chi connectivity index (χ1) is 14.0. The smallest absolute Gasteiger partial charge is 0.229 e. The largest absolute Gasteiger partial charge is 0.380 e. The van der Waals surface area contributed by atoms with E-state index in [1.807, 2.05) is 42.5 Å². The number of sulfonamides is 1. The van der Waals surface area contributed by atoms with Crippen molar-refractivity contribution in [3.05, 3.63) is 84.8 Å². The van der Waals surface area contributed by atoms with Crippen LogP contribution in [0.4, 0.5) is 11.4 Å². The summed E-state index contributed by atoms with van der Waals surface area (Å²) in [6.07, 6.45) is 6.10. The van der Waals surface area contributed by atoms with Gasteiger partial charge in [-0.15, -0.1) is 0 Å². The number of nitrogens with zero attached hydrogens (tertiary/aromatic N) is 2. The van der Waals surface area contributed by atoms with Gasteiger partial charge < -0.3 is 5.32 Å². The lowest BCUT2D eigenvalue weighted by molar-refractivity contribution is 0.607. The second-order valence-corrected chi connectivity index (χ2v) is 8.51. The Morgan fingerprint density at radius 1 is 0.931 bits per heavy atom. The second kappa shape index (κ2) is 7.89. The minimum atomic E-state index is -3.36. The zero-order chi connectivity index (χ0) is 20.3. The van der Waals surface area contributed by atoms with E-state index in [-0.39, 0.29) is 0 Å². The van der Waals surface area contributed by atoms with Crippen LogP contribution in [-0.2, 0) is 16.6 Å². The van der Waals surface area contributed by atoms with E-state index < -0.39 is 10.0 Å². The topological polar surface area (TPSA) is 84.0 Å². The van der Waals surface area contributed by atoms with E-state index in [4.69, 9.17) is 0 Å². The third-order valence-electron chi connectivity index (χ3n) is 4.44. The second-order valence-electron chi connectivity index (χ2n) is 6.77. The summed E-state index contributed by atoms with van der Waals surface area (Å²) < 4.78 is 25.5. The van der Waals surface area contributed by atoms with E-state index in [0.29, 0.717) is 12.2 Å². The number of aromatic nitrogens is 2. The van der Waals surface area contributed by atoms with Crippen LogP contribution in [0.25, 0.3) is 22.0 Å². The Morgan fingerprint density at radius 3 is 2.55 bits per heavy atom. The van der Waals surface area contributed by atoms with Crippen molar-refractivity contribution in [1.82, 2.24) is 9.97 Å². The molecule has 0 unspecified atom stereocenters. The molecule has 0 saturated carbocycles. The summed E-state index contributed by atoms with van der Waals surface area (Å²) >= 11 is 0. The van der Waals surface area contributed by atoms with Crippen molar-refractivity contribution < 1.29 is 8.42 Å². The summed E-state index contributed by atoms with van der Waals surface area (Å²) in [6, 6.07) is 19.9. The molecule has 0 aliphatic heterocycles. The molecule has 6 nitrogen and oxygen atoms in total. The lowest BCUT2D eigenvalue weighted by Crippen LogP contribution is -2.09. The highest BCUT2D eigenvalue weighted by atomic mass is 32.2. The van der Waals surface area contributed by atoms with Crippen molar-refractivity contribution in [2.45, 2.75) is 6.54 Å². The first-order valence-corrected chi connectivity index (χ1v) is 11.0. The minimum absolute atomic E-state index is 0.429. The van der Waals surface area contributed by atoms with Crippen LogP contribution in [0.3, 0.4) is 0 Å². The van der Waals surface area contributed by atoms with Gasteiger partial charge in [0.05, 0.1) is 23.7 Å². The molecule has 4 aromatic rings. The summed E-state index contributed by atoms with van der Waals surface area (Å²) in [5.74, 6) is 0. The summed E-state index contributed by atoms with van der Waals surface area (Å²) in [7, 11) is -3.36. The maximum atomic E-state index is 11.5. The molecule has 4 rings (SSSR count). The molecular weight excluding hydrogens is 384 g/mol. The fraction of sp³-hybridized carbons (Fsp3) is 0.0909. The average molecular weight is 404 g/mol. The first-order valence-electron chi connectivity index (χ1n) is 9.08. The zero-order valence-electron chi connectivity index (χ0n) is 15.8. The van der Waals surface area contributed by atoms with E-state index in [1.165, 1.54) is 11.8 Å². The van der Waals surface area contributed by atoms with E-state index >= 15 is 0 Å². The molecule has 2 aromatic heterocycles. The van der Waals surface area contributed by atoms with E-state index in [0.717, 1.165) is 34.0 Å².